The Morgan fingerprint density at radius 3 is 1.53 bits per heavy atom. The molecule has 0 aliphatic heterocycles. The third kappa shape index (κ3) is 3.76. The van der Waals surface area contributed by atoms with Crippen LogP contribution in [0.2, 0.25) is 0 Å². The Morgan fingerprint density at radius 2 is 0.911 bits per heavy atom. The van der Waals surface area contributed by atoms with E-state index in [1.54, 1.807) is 0 Å². The standard InChI is InChI=1S/C43H29NO/c1-4-16-30(17-5-1)43(37-25-13-10-22-33(37)34-23-11-14-26-38(34)43)39-29-42-36(35-24-12-15-27-41(35)45-42)28-40(39)44(31-18-6-2-7-19-31)32-20-8-3-9-21-32/h1-29H. The topological polar surface area (TPSA) is 16.4 Å². The van der Waals surface area contributed by atoms with Gasteiger partial charge in [-0.1, -0.05) is 133 Å². The van der Waals surface area contributed by atoms with Gasteiger partial charge in [-0.2, -0.15) is 0 Å². The minimum Gasteiger partial charge on any atom is -0.456 e. The highest BCUT2D eigenvalue weighted by Gasteiger charge is 2.48. The third-order valence-electron chi connectivity index (χ3n) is 9.33. The van der Waals surface area contributed by atoms with E-state index in [9.17, 15) is 0 Å². The van der Waals surface area contributed by atoms with Crippen LogP contribution < -0.4 is 4.90 Å². The van der Waals surface area contributed by atoms with Gasteiger partial charge in [0.1, 0.15) is 11.2 Å². The normalized spacial score (nSPS) is 13.1. The summed E-state index contributed by atoms with van der Waals surface area (Å²) in [5.41, 5.74) is 11.9. The first-order chi connectivity index (χ1) is 22.3. The van der Waals surface area contributed by atoms with Gasteiger partial charge in [0, 0.05) is 22.1 Å². The molecule has 1 aromatic heterocycles. The largest absolute Gasteiger partial charge is 0.456 e. The van der Waals surface area contributed by atoms with E-state index in [1.165, 1.54) is 33.4 Å². The maximum atomic E-state index is 6.64. The van der Waals surface area contributed by atoms with Crippen LogP contribution in [0.25, 0.3) is 33.1 Å². The van der Waals surface area contributed by atoms with E-state index in [2.05, 4.69) is 175 Å². The van der Waals surface area contributed by atoms with Gasteiger partial charge in [-0.05, 0) is 75.8 Å². The Labute approximate surface area is 262 Å². The number of nitrogens with zero attached hydrogens (tertiary/aromatic N) is 1. The van der Waals surface area contributed by atoms with E-state index in [0.29, 0.717) is 0 Å². The van der Waals surface area contributed by atoms with Crippen molar-refractivity contribution in [1.82, 2.24) is 0 Å². The lowest BCUT2D eigenvalue weighted by atomic mass is 9.67. The monoisotopic (exact) mass is 575 g/mol. The van der Waals surface area contributed by atoms with Crippen LogP contribution in [0.15, 0.2) is 180 Å². The summed E-state index contributed by atoms with van der Waals surface area (Å²) in [7, 11) is 0. The van der Waals surface area contributed by atoms with Crippen molar-refractivity contribution < 1.29 is 4.42 Å². The lowest BCUT2D eigenvalue weighted by Crippen LogP contribution is -2.30. The summed E-state index contributed by atoms with van der Waals surface area (Å²) in [6.07, 6.45) is 0. The van der Waals surface area contributed by atoms with Gasteiger partial charge in [-0.3, -0.25) is 0 Å². The molecule has 8 aromatic rings. The number of rotatable bonds is 5. The summed E-state index contributed by atoms with van der Waals surface area (Å²) >= 11 is 0. The smallest absolute Gasteiger partial charge is 0.135 e. The number of fused-ring (bicyclic) bond motifs is 6. The summed E-state index contributed by atoms with van der Waals surface area (Å²) in [6, 6.07) is 63.2. The van der Waals surface area contributed by atoms with Crippen LogP contribution in [0, 0.1) is 0 Å². The highest BCUT2D eigenvalue weighted by molar-refractivity contribution is 6.08. The molecule has 0 unspecified atom stereocenters. The molecule has 1 aliphatic carbocycles. The maximum absolute atomic E-state index is 6.64. The number of anilines is 3. The summed E-state index contributed by atoms with van der Waals surface area (Å²) in [5, 5.41) is 2.21. The fraction of sp³-hybridized carbons (Fsp3) is 0.0233. The third-order valence-corrected chi connectivity index (χ3v) is 9.33. The molecule has 45 heavy (non-hydrogen) atoms. The lowest BCUT2D eigenvalue weighted by Gasteiger charge is -2.38. The Hall–Kier alpha value is -5.86. The van der Waals surface area contributed by atoms with Crippen molar-refractivity contribution in [3.63, 3.8) is 0 Å². The van der Waals surface area contributed by atoms with E-state index >= 15 is 0 Å². The second-order valence-corrected chi connectivity index (χ2v) is 11.7. The highest BCUT2D eigenvalue weighted by Crippen LogP contribution is 2.59. The van der Waals surface area contributed by atoms with Crippen molar-refractivity contribution in [3.05, 3.63) is 198 Å². The number of hydrogen-bond donors (Lipinski definition) is 0. The summed E-state index contributed by atoms with van der Waals surface area (Å²) in [5.74, 6) is 0. The van der Waals surface area contributed by atoms with E-state index < -0.39 is 5.41 Å². The molecule has 9 rings (SSSR count). The molecule has 0 N–H and O–H groups in total. The number of furan rings is 1. The first kappa shape index (κ1) is 25.6. The Bertz CT molecular complexity index is 2240. The molecule has 0 saturated heterocycles. The van der Waals surface area contributed by atoms with Gasteiger partial charge in [0.2, 0.25) is 0 Å². The van der Waals surface area contributed by atoms with Crippen LogP contribution in [0.5, 0.6) is 0 Å². The van der Waals surface area contributed by atoms with E-state index in [1.807, 2.05) is 6.07 Å². The highest BCUT2D eigenvalue weighted by atomic mass is 16.3. The molecule has 0 fully saturated rings. The van der Waals surface area contributed by atoms with Crippen molar-refractivity contribution in [1.29, 1.82) is 0 Å². The van der Waals surface area contributed by atoms with Gasteiger partial charge in [-0.25, -0.2) is 0 Å². The average molecular weight is 576 g/mol. The molecule has 2 heteroatoms. The van der Waals surface area contributed by atoms with E-state index in [4.69, 9.17) is 4.42 Å². The van der Waals surface area contributed by atoms with Gasteiger partial charge >= 0.3 is 0 Å². The number of hydrogen-bond acceptors (Lipinski definition) is 2. The van der Waals surface area contributed by atoms with Crippen LogP contribution in [-0.4, -0.2) is 0 Å². The number of para-hydroxylation sites is 3. The summed E-state index contributed by atoms with van der Waals surface area (Å²) in [6.45, 7) is 0. The summed E-state index contributed by atoms with van der Waals surface area (Å²) in [4.78, 5) is 2.41. The second-order valence-electron chi connectivity index (χ2n) is 11.7. The van der Waals surface area contributed by atoms with Crippen molar-refractivity contribution in [2.75, 3.05) is 4.90 Å². The molecule has 0 saturated carbocycles. The van der Waals surface area contributed by atoms with Crippen LogP contribution in [0.1, 0.15) is 22.3 Å². The molecule has 7 aromatic carbocycles. The quantitative estimate of drug-likeness (QED) is 0.203. The van der Waals surface area contributed by atoms with Crippen LogP contribution in [0.3, 0.4) is 0 Å². The molecule has 0 bridgehead atoms. The lowest BCUT2D eigenvalue weighted by molar-refractivity contribution is 0.665. The zero-order valence-electron chi connectivity index (χ0n) is 24.6. The van der Waals surface area contributed by atoms with Crippen LogP contribution in [-0.2, 0) is 5.41 Å². The predicted molar refractivity (Wildman–Crippen MR) is 186 cm³/mol. The molecule has 2 nitrogen and oxygen atoms in total. The fourth-order valence-electron chi connectivity index (χ4n) is 7.51. The molecule has 1 aliphatic rings. The molecule has 0 atom stereocenters. The first-order valence-electron chi connectivity index (χ1n) is 15.4. The first-order valence-corrected chi connectivity index (χ1v) is 15.4. The van der Waals surface area contributed by atoms with Gasteiger partial charge in [0.05, 0.1) is 11.1 Å². The summed E-state index contributed by atoms with van der Waals surface area (Å²) < 4.78 is 6.64. The average Bonchev–Trinajstić information content (AvgIpc) is 3.63. The minimum absolute atomic E-state index is 0.598. The molecule has 0 amide bonds. The zero-order chi connectivity index (χ0) is 29.8. The van der Waals surface area contributed by atoms with Crippen molar-refractivity contribution in [3.8, 4) is 11.1 Å². The zero-order valence-corrected chi connectivity index (χ0v) is 24.6. The van der Waals surface area contributed by atoms with E-state index in [-0.39, 0.29) is 0 Å². The maximum Gasteiger partial charge on any atom is 0.135 e. The minimum atomic E-state index is -0.598. The molecule has 0 spiro atoms. The van der Waals surface area contributed by atoms with E-state index in [0.717, 1.165) is 39.0 Å². The Balaban J connectivity index is 1.50. The van der Waals surface area contributed by atoms with Gasteiger partial charge < -0.3 is 9.32 Å². The van der Waals surface area contributed by atoms with Crippen LogP contribution in [0.4, 0.5) is 17.1 Å². The molecule has 0 radical (unpaired) electrons. The molecular formula is C43H29NO. The Morgan fingerprint density at radius 1 is 0.400 bits per heavy atom. The molecule has 1 heterocycles. The predicted octanol–water partition coefficient (Wildman–Crippen LogP) is 11.4. The molecular weight excluding hydrogens is 546 g/mol. The van der Waals surface area contributed by atoms with Crippen molar-refractivity contribution >= 4 is 39.0 Å². The van der Waals surface area contributed by atoms with Gasteiger partial charge in [0.15, 0.2) is 0 Å². The molecule has 212 valence electrons. The number of benzene rings is 7. The SMILES string of the molecule is c1ccc(N(c2ccccc2)c2cc3c(cc2C2(c4ccccc4)c4ccccc4-c4ccccc42)oc2ccccc23)cc1. The van der Waals surface area contributed by atoms with Crippen molar-refractivity contribution in [2.45, 2.75) is 5.41 Å². The van der Waals surface area contributed by atoms with Gasteiger partial charge in [0.25, 0.3) is 0 Å². The second kappa shape index (κ2) is 10.1. The van der Waals surface area contributed by atoms with Crippen molar-refractivity contribution in [2.24, 2.45) is 0 Å². The fourth-order valence-corrected chi connectivity index (χ4v) is 7.51. The van der Waals surface area contributed by atoms with Crippen LogP contribution >= 0.6 is 0 Å². The van der Waals surface area contributed by atoms with Gasteiger partial charge in [-0.15, -0.1) is 0 Å². The Kier molecular flexibility index (Phi) is 5.76.